The predicted octanol–water partition coefficient (Wildman–Crippen LogP) is 11.5. The molecule has 0 unspecified atom stereocenters. The van der Waals surface area contributed by atoms with Crippen LogP contribution in [0.3, 0.4) is 0 Å². The zero-order valence-corrected chi connectivity index (χ0v) is 26.0. The molecule has 0 radical (unpaired) electrons. The molecule has 0 spiro atoms. The largest absolute Gasteiger partial charge is 0.456 e. The van der Waals surface area contributed by atoms with E-state index in [1.807, 2.05) is 97.1 Å². The fourth-order valence-corrected chi connectivity index (χ4v) is 6.28. The van der Waals surface area contributed by atoms with E-state index in [1.165, 1.54) is 0 Å². The van der Waals surface area contributed by atoms with E-state index in [2.05, 4.69) is 0 Å². The number of furan rings is 1. The molecule has 234 valence electrons. The van der Waals surface area contributed by atoms with Crippen LogP contribution >= 0.6 is 0 Å². The molecule has 0 aliphatic carbocycles. The molecular weight excluding hydrogens is 613 g/mol. The van der Waals surface area contributed by atoms with E-state index in [0.717, 1.165) is 21.9 Å². The van der Waals surface area contributed by atoms with E-state index in [4.69, 9.17) is 30.3 Å². The molecule has 0 aliphatic heterocycles. The molecule has 5 heteroatoms. The molecule has 0 N–H and O–H groups in total. The number of hydrogen-bond acceptors (Lipinski definition) is 4. The molecule has 0 atom stereocenters. The smallest absolute Gasteiger partial charge is 0.164 e. The van der Waals surface area contributed by atoms with Crippen molar-refractivity contribution in [3.8, 4) is 51.0 Å². The van der Waals surface area contributed by atoms with Crippen molar-refractivity contribution < 1.29 is 19.5 Å². The lowest BCUT2D eigenvalue weighted by molar-refractivity contribution is 0.669. The molecule has 0 fully saturated rings. The first kappa shape index (κ1) is 19.2. The molecule has 3 heterocycles. The summed E-state index contributed by atoms with van der Waals surface area (Å²) in [5, 5.41) is 1.16. The topological polar surface area (TPSA) is 56.7 Å². The van der Waals surface area contributed by atoms with Crippen LogP contribution in [0.1, 0.15) is 15.1 Å². The predicted molar refractivity (Wildman–Crippen MR) is 203 cm³/mol. The van der Waals surface area contributed by atoms with Gasteiger partial charge in [-0.2, -0.15) is 0 Å². The van der Waals surface area contributed by atoms with Gasteiger partial charge in [-0.3, -0.25) is 0 Å². The van der Waals surface area contributed by atoms with Crippen molar-refractivity contribution in [2.45, 2.75) is 0 Å². The molecule has 50 heavy (non-hydrogen) atoms. The number of hydrogen-bond donors (Lipinski definition) is 0. The molecule has 0 saturated carbocycles. The Bertz CT molecular complexity index is 3440. The van der Waals surface area contributed by atoms with Crippen LogP contribution in [-0.2, 0) is 0 Å². The lowest BCUT2D eigenvalue weighted by Crippen LogP contribution is -2.00. The van der Waals surface area contributed by atoms with E-state index in [9.17, 15) is 4.11 Å². The third kappa shape index (κ3) is 4.67. The highest BCUT2D eigenvalue weighted by molar-refractivity contribution is 6.10. The average Bonchev–Trinajstić information content (AvgIpc) is 3.85. The molecule has 10 aromatic rings. The second-order valence-corrected chi connectivity index (χ2v) is 11.6. The van der Waals surface area contributed by atoms with Gasteiger partial charge in [-0.15, -0.1) is 0 Å². The summed E-state index contributed by atoms with van der Waals surface area (Å²) in [6.45, 7) is 0. The molecule has 0 amide bonds. The number of para-hydroxylation sites is 2. The first-order valence-electron chi connectivity index (χ1n) is 21.3. The quantitative estimate of drug-likeness (QED) is 0.186. The highest BCUT2D eigenvalue weighted by atomic mass is 16.3. The highest BCUT2D eigenvalue weighted by Crippen LogP contribution is 2.37. The van der Waals surface area contributed by atoms with Gasteiger partial charge in [-0.1, -0.05) is 127 Å². The summed E-state index contributed by atoms with van der Waals surface area (Å²) in [6.07, 6.45) is 0. The maximum atomic E-state index is 9.71. The second kappa shape index (κ2) is 11.4. The van der Waals surface area contributed by atoms with Crippen LogP contribution < -0.4 is 0 Å². The van der Waals surface area contributed by atoms with Crippen molar-refractivity contribution in [3.05, 3.63) is 170 Å². The van der Waals surface area contributed by atoms with Crippen LogP contribution in [0.15, 0.2) is 174 Å². The molecule has 0 bridgehead atoms. The normalized spacial score (nSPS) is 14.7. The van der Waals surface area contributed by atoms with Gasteiger partial charge in [0, 0.05) is 43.9 Å². The van der Waals surface area contributed by atoms with Gasteiger partial charge in [-0.25, -0.2) is 15.0 Å². The van der Waals surface area contributed by atoms with E-state index < -0.39 is 66.5 Å². The van der Waals surface area contributed by atoms with E-state index in [0.29, 0.717) is 34.1 Å². The van der Waals surface area contributed by atoms with Crippen LogP contribution in [0.25, 0.3) is 94.7 Å². The maximum Gasteiger partial charge on any atom is 0.164 e. The van der Waals surface area contributed by atoms with Gasteiger partial charge in [0.25, 0.3) is 0 Å². The van der Waals surface area contributed by atoms with Crippen LogP contribution in [0.4, 0.5) is 0 Å². The van der Waals surface area contributed by atoms with Crippen molar-refractivity contribution in [1.29, 1.82) is 0 Å². The number of benzene rings is 7. The monoisotopic (exact) mass is 651 g/mol. The molecule has 7 aromatic carbocycles. The fraction of sp³-hybridized carbons (Fsp3) is 0. The minimum Gasteiger partial charge on any atom is -0.456 e. The second-order valence-electron chi connectivity index (χ2n) is 11.6. The Labute approximate surface area is 303 Å². The SMILES string of the molecule is [2H]c1c([2H])c(-c2c([2H])c([2H])c3c(oc4c([2H])c([2H])c([2H])c([2H])c43)c2[2H])c([2H])c(-n2c3ccccc3c3ccc(-c4nc(-c5ccccc5)nc(-c5ccccc5)n4)cc32)c1[2H]. The van der Waals surface area contributed by atoms with Crippen LogP contribution in [0.2, 0.25) is 0 Å². The van der Waals surface area contributed by atoms with Crippen LogP contribution in [0, 0.1) is 0 Å². The van der Waals surface area contributed by atoms with Gasteiger partial charge in [0.2, 0.25) is 0 Å². The third-order valence-corrected chi connectivity index (χ3v) is 8.60. The van der Waals surface area contributed by atoms with Crippen molar-refractivity contribution in [2.24, 2.45) is 0 Å². The van der Waals surface area contributed by atoms with Crippen LogP contribution in [0.5, 0.6) is 0 Å². The van der Waals surface area contributed by atoms with Crippen molar-refractivity contribution in [2.75, 3.05) is 0 Å². The lowest BCUT2D eigenvalue weighted by Gasteiger charge is -2.12. The summed E-state index contributed by atoms with van der Waals surface area (Å²) < 4.78 is 105. The molecule has 3 aromatic heterocycles. The standard InChI is InChI=1S/C45H28N4O/c1-3-12-29(13-4-1)43-46-44(30-14-5-2-6-15-30)48-45(47-43)33-23-24-36-35-18-7-9-20-39(35)49(40(36)27-33)34-17-11-16-31(26-34)32-22-25-38-37-19-8-10-21-41(37)50-42(38)28-32/h1-28H/i8D,10D,11D,16D,17D,19D,21D,22D,25D,26D,28D. The molecule has 5 nitrogen and oxygen atoms in total. The summed E-state index contributed by atoms with van der Waals surface area (Å²) in [5.41, 5.74) is 1.74. The Kier molecular flexibility index (Phi) is 4.38. The highest BCUT2D eigenvalue weighted by Gasteiger charge is 2.17. The summed E-state index contributed by atoms with van der Waals surface area (Å²) in [5.74, 6) is 1.26. The minimum atomic E-state index is -0.617. The zero-order chi connectivity index (χ0) is 42.6. The van der Waals surface area contributed by atoms with Gasteiger partial charge in [0.1, 0.15) is 11.2 Å². The minimum absolute atomic E-state index is 0.112. The molecule has 0 saturated heterocycles. The third-order valence-electron chi connectivity index (χ3n) is 8.60. The van der Waals surface area contributed by atoms with Gasteiger partial charge in [-0.05, 0) is 53.5 Å². The number of aromatic nitrogens is 4. The number of rotatable bonds is 5. The van der Waals surface area contributed by atoms with Crippen molar-refractivity contribution >= 4 is 43.7 Å². The van der Waals surface area contributed by atoms with Crippen molar-refractivity contribution in [1.82, 2.24) is 19.5 Å². The van der Waals surface area contributed by atoms with Crippen molar-refractivity contribution in [3.63, 3.8) is 0 Å². The Hall–Kier alpha value is -6.85. The van der Waals surface area contributed by atoms with Gasteiger partial charge < -0.3 is 8.98 Å². The molecular formula is C45H28N4O. The first-order valence-corrected chi connectivity index (χ1v) is 15.8. The molecule has 10 rings (SSSR count). The maximum absolute atomic E-state index is 9.71. The zero-order valence-electron chi connectivity index (χ0n) is 37.0. The average molecular weight is 652 g/mol. The summed E-state index contributed by atoms with van der Waals surface area (Å²) in [6, 6.07) is 26.0. The van der Waals surface area contributed by atoms with Gasteiger partial charge in [0.15, 0.2) is 17.5 Å². The summed E-state index contributed by atoms with van der Waals surface area (Å²) in [7, 11) is 0. The number of fused-ring (bicyclic) bond motifs is 6. The Morgan fingerprint density at radius 2 is 1.08 bits per heavy atom. The molecule has 0 aliphatic rings. The number of nitrogens with zero attached hydrogens (tertiary/aromatic N) is 4. The van der Waals surface area contributed by atoms with Crippen LogP contribution in [-0.4, -0.2) is 19.5 Å². The lowest BCUT2D eigenvalue weighted by atomic mass is 10.0. The van der Waals surface area contributed by atoms with E-state index in [1.54, 1.807) is 10.6 Å². The fourth-order valence-electron chi connectivity index (χ4n) is 6.28. The van der Waals surface area contributed by atoms with Gasteiger partial charge in [0.05, 0.1) is 26.1 Å². The Balaban J connectivity index is 1.25. The van der Waals surface area contributed by atoms with E-state index >= 15 is 0 Å². The summed E-state index contributed by atoms with van der Waals surface area (Å²) >= 11 is 0. The Morgan fingerprint density at radius 1 is 0.440 bits per heavy atom. The Morgan fingerprint density at radius 3 is 1.86 bits per heavy atom. The summed E-state index contributed by atoms with van der Waals surface area (Å²) in [4.78, 5) is 14.6. The van der Waals surface area contributed by atoms with Gasteiger partial charge >= 0.3 is 0 Å². The first-order chi connectivity index (χ1) is 29.4. The van der Waals surface area contributed by atoms with E-state index in [-0.39, 0.29) is 38.8 Å².